The summed E-state index contributed by atoms with van der Waals surface area (Å²) < 4.78 is 10.8. The van der Waals surface area contributed by atoms with E-state index in [9.17, 15) is 9.59 Å². The first-order valence-electron chi connectivity index (χ1n) is 7.85. The number of cyclic esters (lactones) is 1. The number of carbonyl (C=O) groups excluding carboxylic acids is 2. The molecule has 0 aromatic rings. The molecule has 2 rings (SSSR count). The van der Waals surface area contributed by atoms with E-state index in [0.717, 1.165) is 19.3 Å². The number of carbonyl (C=O) groups is 2. The molecule has 0 bridgehead atoms. The number of esters is 1. The minimum atomic E-state index is -0.547. The van der Waals surface area contributed by atoms with Crippen molar-refractivity contribution in [2.24, 2.45) is 0 Å². The van der Waals surface area contributed by atoms with Crippen LogP contribution in [0.1, 0.15) is 46.5 Å². The summed E-state index contributed by atoms with van der Waals surface area (Å²) in [6.45, 7) is 9.79. The van der Waals surface area contributed by atoms with Crippen molar-refractivity contribution in [2.45, 2.75) is 64.2 Å². The molecular formula is C17H25NO4. The lowest BCUT2D eigenvalue weighted by molar-refractivity contribution is -0.140. The lowest BCUT2D eigenvalue weighted by Crippen LogP contribution is -2.47. The second-order valence-corrected chi connectivity index (χ2v) is 6.78. The molecule has 2 heterocycles. The van der Waals surface area contributed by atoms with Crippen LogP contribution < -0.4 is 0 Å². The van der Waals surface area contributed by atoms with Gasteiger partial charge in [0.1, 0.15) is 11.7 Å². The summed E-state index contributed by atoms with van der Waals surface area (Å²) in [5.41, 5.74) is 0.0343. The summed E-state index contributed by atoms with van der Waals surface area (Å²) in [4.78, 5) is 26.2. The lowest BCUT2D eigenvalue weighted by atomic mass is 9.95. The summed E-state index contributed by atoms with van der Waals surface area (Å²) in [5, 5.41) is 0. The molecule has 0 spiro atoms. The highest BCUT2D eigenvalue weighted by Crippen LogP contribution is 2.30. The van der Waals surface area contributed by atoms with E-state index >= 15 is 0 Å². The van der Waals surface area contributed by atoms with Gasteiger partial charge in [0.2, 0.25) is 0 Å². The van der Waals surface area contributed by atoms with E-state index in [1.807, 2.05) is 26.8 Å². The second-order valence-electron chi connectivity index (χ2n) is 6.78. The predicted molar refractivity (Wildman–Crippen MR) is 83.4 cm³/mol. The summed E-state index contributed by atoms with van der Waals surface area (Å²) in [6.07, 6.45) is 6.20. The van der Waals surface area contributed by atoms with E-state index in [1.165, 1.54) is 0 Å². The molecule has 2 aliphatic rings. The fourth-order valence-electron chi connectivity index (χ4n) is 2.83. The maximum atomic E-state index is 12.4. The zero-order valence-corrected chi connectivity index (χ0v) is 13.6. The van der Waals surface area contributed by atoms with Crippen molar-refractivity contribution in [3.63, 3.8) is 0 Å². The highest BCUT2D eigenvalue weighted by molar-refractivity contribution is 5.93. The highest BCUT2D eigenvalue weighted by Gasteiger charge is 2.38. The fourth-order valence-corrected chi connectivity index (χ4v) is 2.83. The third-order valence-corrected chi connectivity index (χ3v) is 3.75. The van der Waals surface area contributed by atoms with Gasteiger partial charge in [0.05, 0.1) is 11.6 Å². The van der Waals surface area contributed by atoms with Gasteiger partial charge in [0, 0.05) is 13.0 Å². The van der Waals surface area contributed by atoms with Crippen LogP contribution in [0, 0.1) is 0 Å². The van der Waals surface area contributed by atoms with Gasteiger partial charge in [-0.25, -0.2) is 9.59 Å². The Balaban J connectivity index is 2.16. The first-order chi connectivity index (χ1) is 10.3. The molecule has 5 nitrogen and oxygen atoms in total. The number of amides is 1. The lowest BCUT2D eigenvalue weighted by Gasteiger charge is -2.36. The van der Waals surface area contributed by atoms with Crippen LogP contribution >= 0.6 is 0 Å². The molecule has 22 heavy (non-hydrogen) atoms. The first-order valence-corrected chi connectivity index (χ1v) is 7.85. The molecule has 0 aliphatic carbocycles. The number of likely N-dealkylation sites (tertiary alicyclic amines) is 1. The van der Waals surface area contributed by atoms with Crippen molar-refractivity contribution < 1.29 is 19.1 Å². The van der Waals surface area contributed by atoms with Crippen LogP contribution in [0.2, 0.25) is 0 Å². The van der Waals surface area contributed by atoms with Gasteiger partial charge < -0.3 is 14.4 Å². The topological polar surface area (TPSA) is 55.8 Å². The molecule has 0 saturated carbocycles. The van der Waals surface area contributed by atoms with Crippen LogP contribution in [0.5, 0.6) is 0 Å². The largest absolute Gasteiger partial charge is 0.454 e. The Morgan fingerprint density at radius 3 is 2.86 bits per heavy atom. The van der Waals surface area contributed by atoms with Crippen LogP contribution in [0.3, 0.4) is 0 Å². The van der Waals surface area contributed by atoms with Gasteiger partial charge in [-0.15, -0.1) is 6.58 Å². The fraction of sp³-hybridized carbons (Fsp3) is 0.647. The summed E-state index contributed by atoms with van der Waals surface area (Å²) in [5.74, 6) is -0.327. The Morgan fingerprint density at radius 2 is 2.23 bits per heavy atom. The summed E-state index contributed by atoms with van der Waals surface area (Å²) >= 11 is 0. The third kappa shape index (κ3) is 3.90. The molecule has 1 fully saturated rings. The Bertz CT molecular complexity index is 489. The molecule has 1 saturated heterocycles. The number of nitrogens with zero attached hydrogens (tertiary/aromatic N) is 1. The predicted octanol–water partition coefficient (Wildman–Crippen LogP) is 3.20. The van der Waals surface area contributed by atoms with E-state index in [-0.39, 0.29) is 24.2 Å². The van der Waals surface area contributed by atoms with Gasteiger partial charge in [-0.05, 0) is 46.1 Å². The Hall–Kier alpha value is -1.78. The molecule has 0 aromatic heterocycles. The van der Waals surface area contributed by atoms with Crippen LogP contribution in [0.4, 0.5) is 4.79 Å². The molecule has 0 radical (unpaired) electrons. The number of hydrogen-bond acceptors (Lipinski definition) is 4. The van der Waals surface area contributed by atoms with E-state index in [0.29, 0.717) is 18.5 Å². The Kier molecular flexibility index (Phi) is 4.94. The SMILES string of the molecule is C=CCC1C=C(C2CCCCN2C(=O)OC(C)(C)C)C(=O)O1. The Morgan fingerprint density at radius 1 is 1.50 bits per heavy atom. The maximum Gasteiger partial charge on any atom is 0.410 e. The normalized spacial score (nSPS) is 25.5. The first kappa shape index (κ1) is 16.6. The van der Waals surface area contributed by atoms with Crippen molar-refractivity contribution in [3.8, 4) is 0 Å². The quantitative estimate of drug-likeness (QED) is 0.593. The van der Waals surface area contributed by atoms with Crippen molar-refractivity contribution in [1.82, 2.24) is 4.90 Å². The zero-order chi connectivity index (χ0) is 16.3. The second kappa shape index (κ2) is 6.55. The highest BCUT2D eigenvalue weighted by atomic mass is 16.6. The molecule has 0 aromatic carbocycles. The van der Waals surface area contributed by atoms with Gasteiger partial charge in [-0.1, -0.05) is 6.08 Å². The van der Waals surface area contributed by atoms with Gasteiger partial charge in [-0.2, -0.15) is 0 Å². The van der Waals surface area contributed by atoms with Crippen LogP contribution in [-0.2, 0) is 14.3 Å². The number of rotatable bonds is 3. The van der Waals surface area contributed by atoms with Crippen LogP contribution in [0.15, 0.2) is 24.3 Å². The minimum Gasteiger partial charge on any atom is -0.454 e. The van der Waals surface area contributed by atoms with Crippen molar-refractivity contribution >= 4 is 12.1 Å². The molecule has 122 valence electrons. The van der Waals surface area contributed by atoms with Crippen molar-refractivity contribution in [2.75, 3.05) is 6.54 Å². The molecular weight excluding hydrogens is 282 g/mol. The minimum absolute atomic E-state index is 0.245. The Labute approximate surface area is 131 Å². The zero-order valence-electron chi connectivity index (χ0n) is 13.6. The number of ether oxygens (including phenoxy) is 2. The molecule has 0 N–H and O–H groups in total. The average molecular weight is 307 g/mol. The third-order valence-electron chi connectivity index (χ3n) is 3.75. The van der Waals surface area contributed by atoms with Crippen LogP contribution in [0.25, 0.3) is 0 Å². The maximum absolute atomic E-state index is 12.4. The molecule has 1 amide bonds. The van der Waals surface area contributed by atoms with E-state index in [4.69, 9.17) is 9.47 Å². The van der Waals surface area contributed by atoms with Crippen molar-refractivity contribution in [3.05, 3.63) is 24.3 Å². The molecule has 2 unspecified atom stereocenters. The number of hydrogen-bond donors (Lipinski definition) is 0. The van der Waals surface area contributed by atoms with Gasteiger partial charge >= 0.3 is 12.1 Å². The van der Waals surface area contributed by atoms with Crippen LogP contribution in [-0.4, -0.2) is 41.3 Å². The molecule has 5 heteroatoms. The smallest absolute Gasteiger partial charge is 0.410 e. The van der Waals surface area contributed by atoms with Gasteiger partial charge in [0.25, 0.3) is 0 Å². The number of piperidine rings is 1. The summed E-state index contributed by atoms with van der Waals surface area (Å²) in [6, 6.07) is -0.245. The van der Waals surface area contributed by atoms with Gasteiger partial charge in [-0.3, -0.25) is 0 Å². The van der Waals surface area contributed by atoms with E-state index in [1.54, 1.807) is 11.0 Å². The average Bonchev–Trinajstić information content (AvgIpc) is 2.78. The van der Waals surface area contributed by atoms with Crippen molar-refractivity contribution in [1.29, 1.82) is 0 Å². The molecule has 2 aliphatic heterocycles. The molecule has 2 atom stereocenters. The van der Waals surface area contributed by atoms with Gasteiger partial charge in [0.15, 0.2) is 0 Å². The summed E-state index contributed by atoms with van der Waals surface area (Å²) in [7, 11) is 0. The van der Waals surface area contributed by atoms with E-state index in [2.05, 4.69) is 6.58 Å². The van der Waals surface area contributed by atoms with E-state index < -0.39 is 5.60 Å². The standard InChI is InChI=1S/C17H25NO4/c1-5-8-12-11-13(15(19)21-12)14-9-6-7-10-18(14)16(20)22-17(2,3)4/h5,11-12,14H,1,6-10H2,2-4H3. The monoisotopic (exact) mass is 307 g/mol.